The van der Waals surface area contributed by atoms with Crippen molar-refractivity contribution in [1.29, 1.82) is 0 Å². The second-order valence-electron chi connectivity index (χ2n) is 14.8. The third kappa shape index (κ3) is 13.1. The van der Waals surface area contributed by atoms with Crippen LogP contribution in [0.3, 0.4) is 0 Å². The summed E-state index contributed by atoms with van der Waals surface area (Å²) in [4.78, 5) is 0. The van der Waals surface area contributed by atoms with E-state index in [9.17, 15) is 5.53 Å². The summed E-state index contributed by atoms with van der Waals surface area (Å²) in [5, 5.41) is 0. The molecule has 0 fully saturated rings. The minimum absolute atomic E-state index is 0.884. The fourth-order valence-electron chi connectivity index (χ4n) is 7.41. The van der Waals surface area contributed by atoms with Crippen molar-refractivity contribution in [2.75, 3.05) is 0 Å². The Balaban J connectivity index is 2.02. The predicted octanol–water partition coefficient (Wildman–Crippen LogP) is 15.1. The van der Waals surface area contributed by atoms with Gasteiger partial charge in [-0.1, -0.05) is 143 Å². The van der Waals surface area contributed by atoms with Crippen molar-refractivity contribution in [3.8, 4) is 0 Å². The van der Waals surface area contributed by atoms with Crippen LogP contribution in [0.25, 0.3) is 16.9 Å². The molecule has 2 aromatic carbocycles. The molecule has 1 aliphatic heterocycles. The fraction of sp³-hybridized carbons (Fsp3) is 0.617. The van der Waals surface area contributed by atoms with Crippen molar-refractivity contribution in [1.82, 2.24) is 0 Å². The third-order valence-electron chi connectivity index (χ3n) is 10.3. The van der Waals surface area contributed by atoms with Gasteiger partial charge in [-0.15, -0.1) is 0 Å². The smallest absolute Gasteiger partial charge is 0.215 e. The van der Waals surface area contributed by atoms with E-state index in [-0.39, 0.29) is 0 Å². The Morgan fingerprint density at radius 2 is 0.857 bits per heavy atom. The van der Waals surface area contributed by atoms with Crippen LogP contribution in [0.15, 0.2) is 59.7 Å². The monoisotopic (exact) mass is 665 g/mol. The van der Waals surface area contributed by atoms with Crippen molar-refractivity contribution in [3.05, 3.63) is 98.6 Å². The molecule has 0 saturated carbocycles. The van der Waals surface area contributed by atoms with Crippen LogP contribution in [-0.2, 0) is 25.7 Å². The second kappa shape index (κ2) is 23.6. The van der Waals surface area contributed by atoms with E-state index in [1.165, 1.54) is 154 Å². The van der Waals surface area contributed by atoms with E-state index < -0.39 is 0 Å². The highest BCUT2D eigenvalue weighted by molar-refractivity contribution is 5.84. The van der Waals surface area contributed by atoms with Gasteiger partial charge in [0.1, 0.15) is 0 Å². The maximum atomic E-state index is 12.4. The lowest BCUT2D eigenvalue weighted by atomic mass is 9.93. The van der Waals surface area contributed by atoms with Crippen LogP contribution < -0.4 is 0 Å². The molecule has 0 N–H and O–H groups in total. The first-order chi connectivity index (χ1) is 24.0. The number of unbranched alkanes of at least 4 members (excludes halogenated alkanes) is 13. The van der Waals surface area contributed by atoms with E-state index in [2.05, 4.69) is 90.1 Å². The zero-order valence-corrected chi connectivity index (χ0v) is 32.8. The van der Waals surface area contributed by atoms with Gasteiger partial charge in [0.25, 0.3) is 0 Å². The Labute approximate surface area is 303 Å². The van der Waals surface area contributed by atoms with Gasteiger partial charge in [0.15, 0.2) is 0 Å². The summed E-state index contributed by atoms with van der Waals surface area (Å²) in [5.41, 5.74) is 24.7. The van der Waals surface area contributed by atoms with Crippen molar-refractivity contribution in [3.63, 3.8) is 0 Å². The van der Waals surface area contributed by atoms with Crippen molar-refractivity contribution >= 4 is 11.4 Å². The lowest BCUT2D eigenvalue weighted by Gasteiger charge is -2.14. The minimum atomic E-state index is 0.884. The number of hydrogen-bond acceptors (Lipinski definition) is 0. The lowest BCUT2D eigenvalue weighted by Crippen LogP contribution is -2.05. The first kappa shape index (κ1) is 40.7. The van der Waals surface area contributed by atoms with E-state index >= 15 is 0 Å². The van der Waals surface area contributed by atoms with Crippen LogP contribution >= 0.6 is 0 Å². The molecule has 2 heteroatoms. The summed E-state index contributed by atoms with van der Waals surface area (Å²) in [7, 11) is 0. The number of nitrogens with zero attached hydrogens (tertiary/aromatic N) is 2. The van der Waals surface area contributed by atoms with Crippen LogP contribution in [-0.4, -0.2) is 4.70 Å². The van der Waals surface area contributed by atoms with Gasteiger partial charge in [0.2, 0.25) is 11.4 Å². The Morgan fingerprint density at radius 1 is 0.469 bits per heavy atom. The molecule has 0 aromatic heterocycles. The van der Waals surface area contributed by atoms with Crippen LogP contribution in [0.4, 0.5) is 0 Å². The molecule has 2 aromatic rings. The highest BCUT2D eigenvalue weighted by atomic mass is 15.2. The van der Waals surface area contributed by atoms with E-state index in [1.54, 1.807) is 4.70 Å². The summed E-state index contributed by atoms with van der Waals surface area (Å²) in [6, 6.07) is 14.3. The van der Waals surface area contributed by atoms with Gasteiger partial charge in [-0.05, 0) is 117 Å². The Morgan fingerprint density at radius 3 is 1.27 bits per heavy atom. The fourth-order valence-corrected chi connectivity index (χ4v) is 7.41. The summed E-state index contributed by atoms with van der Waals surface area (Å²) >= 11 is 0. The van der Waals surface area contributed by atoms with Gasteiger partial charge < -0.3 is 5.53 Å². The van der Waals surface area contributed by atoms with Crippen LogP contribution in [0.1, 0.15) is 197 Å². The number of allylic oxidation sites excluding steroid dienone is 4. The third-order valence-corrected chi connectivity index (χ3v) is 10.3. The van der Waals surface area contributed by atoms with Crippen molar-refractivity contribution in [2.24, 2.45) is 0 Å². The molecule has 1 aliphatic rings. The molecule has 0 bridgehead atoms. The highest BCUT2D eigenvalue weighted by Gasteiger charge is 2.34. The molecular formula is C47H72N2. The number of hydrogen-bond donors (Lipinski definition) is 0. The van der Waals surface area contributed by atoms with Gasteiger partial charge in [-0.25, -0.2) is 4.70 Å². The van der Waals surface area contributed by atoms with Gasteiger partial charge in [0, 0.05) is 16.7 Å². The largest absolute Gasteiger partial charge is 0.493 e. The molecule has 0 spiro atoms. The minimum Gasteiger partial charge on any atom is -0.493 e. The summed E-state index contributed by atoms with van der Waals surface area (Å²) in [6.07, 6.45) is 32.8. The number of benzene rings is 2. The SMILES string of the molecule is CCCCCCCCCCCC=CC1=C(c2cc(CCCC)cc(CCCC)c2)[N+](=[N-])C(c2cc(CCCC)cc(CCCC)c2)=C1CC. The summed E-state index contributed by atoms with van der Waals surface area (Å²) in [5.74, 6) is 0. The second-order valence-corrected chi connectivity index (χ2v) is 14.8. The molecule has 0 amide bonds. The zero-order valence-electron chi connectivity index (χ0n) is 32.8. The Hall–Kier alpha value is -2.74. The lowest BCUT2D eigenvalue weighted by molar-refractivity contribution is -0.345. The molecular weight excluding hydrogens is 593 g/mol. The molecule has 0 unspecified atom stereocenters. The Kier molecular flexibility index (Phi) is 19.6. The van der Waals surface area contributed by atoms with Gasteiger partial charge >= 0.3 is 0 Å². The van der Waals surface area contributed by atoms with E-state index in [1.807, 2.05) is 0 Å². The van der Waals surface area contributed by atoms with E-state index in [4.69, 9.17) is 0 Å². The van der Waals surface area contributed by atoms with Crippen molar-refractivity contribution in [2.45, 2.75) is 189 Å². The zero-order chi connectivity index (χ0) is 35.3. The molecule has 3 rings (SSSR count). The first-order valence-corrected chi connectivity index (χ1v) is 20.9. The predicted molar refractivity (Wildman–Crippen MR) is 216 cm³/mol. The van der Waals surface area contributed by atoms with Gasteiger partial charge in [-0.2, -0.15) is 0 Å². The Bertz CT molecular complexity index is 1320. The van der Waals surface area contributed by atoms with Gasteiger partial charge in [0.05, 0.1) is 5.57 Å². The average Bonchev–Trinajstić information content (AvgIpc) is 3.40. The van der Waals surface area contributed by atoms with E-state index in [0.717, 1.165) is 49.9 Å². The molecule has 0 radical (unpaired) electrons. The maximum absolute atomic E-state index is 12.4. The molecule has 0 saturated heterocycles. The number of aryl methyl sites for hydroxylation is 4. The molecule has 0 atom stereocenters. The average molecular weight is 665 g/mol. The quantitative estimate of drug-likeness (QED) is 0.0706. The molecule has 0 aliphatic carbocycles. The number of rotatable bonds is 26. The van der Waals surface area contributed by atoms with Crippen molar-refractivity contribution < 1.29 is 4.70 Å². The van der Waals surface area contributed by atoms with Crippen LogP contribution in [0, 0.1) is 0 Å². The van der Waals surface area contributed by atoms with Crippen LogP contribution in [0.2, 0.25) is 0 Å². The normalized spacial score (nSPS) is 13.6. The van der Waals surface area contributed by atoms with E-state index in [0.29, 0.717) is 0 Å². The molecule has 1 heterocycles. The topological polar surface area (TPSA) is 25.3 Å². The first-order valence-electron chi connectivity index (χ1n) is 20.9. The molecule has 2 nitrogen and oxygen atoms in total. The van der Waals surface area contributed by atoms with Gasteiger partial charge in [-0.3, -0.25) is 0 Å². The summed E-state index contributed by atoms with van der Waals surface area (Å²) in [6.45, 7) is 13.7. The maximum Gasteiger partial charge on any atom is 0.215 e. The summed E-state index contributed by atoms with van der Waals surface area (Å²) < 4.78 is 1.59. The standard InChI is InChI=1S/C47H72N2/c1-7-13-18-19-20-21-22-23-24-25-26-31-45-44(12-6)46(42-34-38(27-14-8-2)32-39(35-42)28-15-9-3)49(48)47(45)43-36-40(29-16-10-4)33-41(37-43)30-17-11-5/h26,31-37H,7-25,27-30H2,1-6H3. The van der Waals surface area contributed by atoms with Crippen LogP contribution in [0.5, 0.6) is 0 Å². The molecule has 270 valence electrons. The molecule has 49 heavy (non-hydrogen) atoms. The highest BCUT2D eigenvalue weighted by Crippen LogP contribution is 2.43.